The van der Waals surface area contributed by atoms with Gasteiger partial charge in [0.2, 0.25) is 0 Å². The molecule has 0 bridgehead atoms. The first-order valence-electron chi connectivity index (χ1n) is 8.38. The van der Waals surface area contributed by atoms with Crippen LogP contribution in [0.3, 0.4) is 0 Å². The number of H-pyrrole nitrogens is 1. The number of rotatable bonds is 4. The van der Waals surface area contributed by atoms with E-state index in [1.165, 1.54) is 10.6 Å². The molecular weight excluding hydrogens is 344 g/mol. The summed E-state index contributed by atoms with van der Waals surface area (Å²) in [5, 5.41) is 3.09. The molecule has 0 fully saturated rings. The van der Waals surface area contributed by atoms with Gasteiger partial charge >= 0.3 is 0 Å². The molecule has 3 aromatic heterocycles. The zero-order chi connectivity index (χ0) is 19.0. The fourth-order valence-electron chi connectivity index (χ4n) is 3.13. The molecule has 136 valence electrons. The third kappa shape index (κ3) is 2.83. The molecule has 7 heteroatoms. The summed E-state index contributed by atoms with van der Waals surface area (Å²) in [6.45, 7) is 1.90. The first-order valence-corrected chi connectivity index (χ1v) is 8.38. The number of pyridine rings is 1. The summed E-state index contributed by atoms with van der Waals surface area (Å²) in [6, 6.07) is 12.6. The molecule has 3 heterocycles. The fraction of sp³-hybridized carbons (Fsp3) is 0.150. The van der Waals surface area contributed by atoms with Crippen molar-refractivity contribution in [2.75, 3.05) is 14.2 Å². The number of benzene rings is 1. The van der Waals surface area contributed by atoms with Crippen molar-refractivity contribution >= 4 is 5.65 Å². The van der Waals surface area contributed by atoms with Crippen molar-refractivity contribution in [3.8, 4) is 34.0 Å². The van der Waals surface area contributed by atoms with Gasteiger partial charge in [-0.15, -0.1) is 0 Å². The number of hydrogen-bond acceptors (Lipinski definition) is 5. The number of aromatic nitrogens is 4. The highest BCUT2D eigenvalue weighted by Gasteiger charge is 2.17. The molecule has 1 aromatic carbocycles. The number of nitrogens with zero attached hydrogens (tertiary/aromatic N) is 3. The second-order valence-electron chi connectivity index (χ2n) is 6.04. The zero-order valence-corrected chi connectivity index (χ0v) is 15.2. The second kappa shape index (κ2) is 6.60. The minimum absolute atomic E-state index is 0.199. The Labute approximate surface area is 155 Å². The quantitative estimate of drug-likeness (QED) is 0.603. The van der Waals surface area contributed by atoms with Crippen LogP contribution in [0.2, 0.25) is 0 Å². The lowest BCUT2D eigenvalue weighted by Gasteiger charge is -2.09. The first-order chi connectivity index (χ1) is 13.1. The maximum Gasteiger partial charge on any atom is 0.273 e. The van der Waals surface area contributed by atoms with Crippen LogP contribution in [-0.4, -0.2) is 33.8 Å². The predicted molar refractivity (Wildman–Crippen MR) is 102 cm³/mol. The van der Waals surface area contributed by atoms with Crippen LogP contribution >= 0.6 is 0 Å². The van der Waals surface area contributed by atoms with E-state index >= 15 is 0 Å². The summed E-state index contributed by atoms with van der Waals surface area (Å²) in [5.41, 5.74) is 4.03. The lowest BCUT2D eigenvalue weighted by atomic mass is 10.1. The lowest BCUT2D eigenvalue weighted by molar-refractivity contribution is 0.355. The normalized spacial score (nSPS) is 10.9. The van der Waals surface area contributed by atoms with Gasteiger partial charge in [0.05, 0.1) is 25.6 Å². The lowest BCUT2D eigenvalue weighted by Crippen LogP contribution is -2.14. The Balaban J connectivity index is 1.97. The van der Waals surface area contributed by atoms with Gasteiger partial charge in [0.25, 0.3) is 5.56 Å². The average molecular weight is 362 g/mol. The largest absolute Gasteiger partial charge is 0.493 e. The minimum Gasteiger partial charge on any atom is -0.493 e. The highest BCUT2D eigenvalue weighted by atomic mass is 16.5. The SMILES string of the molecule is COc1ccc(-c2c(C)[nH]n3c(=O)cc(-c4ccccn4)nc23)cc1OC. The van der Waals surface area contributed by atoms with Crippen molar-refractivity contribution in [3.63, 3.8) is 0 Å². The molecule has 27 heavy (non-hydrogen) atoms. The molecule has 0 aliphatic rings. The van der Waals surface area contributed by atoms with Gasteiger partial charge in [-0.2, -0.15) is 0 Å². The fourth-order valence-corrected chi connectivity index (χ4v) is 3.13. The molecule has 0 spiro atoms. The van der Waals surface area contributed by atoms with E-state index in [-0.39, 0.29) is 5.56 Å². The number of aromatic amines is 1. The van der Waals surface area contributed by atoms with Gasteiger partial charge in [0, 0.05) is 23.5 Å². The van der Waals surface area contributed by atoms with Crippen LogP contribution in [0, 0.1) is 6.92 Å². The Bertz CT molecular complexity index is 1180. The van der Waals surface area contributed by atoms with E-state index in [1.807, 2.05) is 43.3 Å². The third-order valence-electron chi connectivity index (χ3n) is 4.40. The van der Waals surface area contributed by atoms with E-state index in [0.29, 0.717) is 28.5 Å². The van der Waals surface area contributed by atoms with Crippen molar-refractivity contribution in [3.05, 3.63) is 64.7 Å². The molecule has 0 atom stereocenters. The van der Waals surface area contributed by atoms with Gasteiger partial charge in [0.15, 0.2) is 17.1 Å². The average Bonchev–Trinajstić information content (AvgIpc) is 3.04. The smallest absolute Gasteiger partial charge is 0.273 e. The van der Waals surface area contributed by atoms with Gasteiger partial charge in [-0.25, -0.2) is 9.50 Å². The summed E-state index contributed by atoms with van der Waals surface area (Å²) < 4.78 is 12.2. The van der Waals surface area contributed by atoms with E-state index in [2.05, 4.69) is 10.1 Å². The predicted octanol–water partition coefficient (Wildman–Crippen LogP) is 3.08. The molecular formula is C20H18N4O3. The van der Waals surface area contributed by atoms with Gasteiger partial charge in [0.1, 0.15) is 0 Å². The summed E-state index contributed by atoms with van der Waals surface area (Å²) in [4.78, 5) is 21.6. The van der Waals surface area contributed by atoms with Gasteiger partial charge in [-0.1, -0.05) is 12.1 Å². The molecule has 1 N–H and O–H groups in total. The topological polar surface area (TPSA) is 81.5 Å². The number of methoxy groups -OCH3 is 2. The van der Waals surface area contributed by atoms with Crippen LogP contribution in [0.25, 0.3) is 28.2 Å². The molecule has 7 nitrogen and oxygen atoms in total. The van der Waals surface area contributed by atoms with Crippen LogP contribution in [-0.2, 0) is 0 Å². The van der Waals surface area contributed by atoms with Gasteiger partial charge in [-0.05, 0) is 36.8 Å². The van der Waals surface area contributed by atoms with Crippen molar-refractivity contribution in [1.29, 1.82) is 0 Å². The number of ether oxygens (including phenoxy) is 2. The highest BCUT2D eigenvalue weighted by molar-refractivity contribution is 5.82. The molecule has 0 amide bonds. The Morgan fingerprint density at radius 3 is 2.52 bits per heavy atom. The maximum absolute atomic E-state index is 12.6. The van der Waals surface area contributed by atoms with Crippen molar-refractivity contribution < 1.29 is 9.47 Å². The number of hydrogen-bond donors (Lipinski definition) is 1. The maximum atomic E-state index is 12.6. The van der Waals surface area contributed by atoms with E-state index in [4.69, 9.17) is 14.5 Å². The van der Waals surface area contributed by atoms with Gasteiger partial charge < -0.3 is 9.47 Å². The standard InChI is InChI=1S/C20H18N4O3/c1-12-19(13-7-8-16(26-2)17(10-13)27-3)20-22-15(11-18(25)24(20)23-12)14-6-4-5-9-21-14/h4-11,23H,1-3H3. The minimum atomic E-state index is -0.199. The van der Waals surface area contributed by atoms with E-state index in [1.54, 1.807) is 20.4 Å². The zero-order valence-electron chi connectivity index (χ0n) is 15.2. The van der Waals surface area contributed by atoms with E-state index in [0.717, 1.165) is 16.8 Å². The molecule has 0 radical (unpaired) electrons. The molecule has 0 aliphatic heterocycles. The van der Waals surface area contributed by atoms with E-state index in [9.17, 15) is 4.79 Å². The summed E-state index contributed by atoms with van der Waals surface area (Å²) in [5.74, 6) is 1.25. The molecule has 4 aromatic rings. The Kier molecular flexibility index (Phi) is 4.12. The van der Waals surface area contributed by atoms with Crippen molar-refractivity contribution in [2.45, 2.75) is 6.92 Å². The molecule has 0 aliphatic carbocycles. The highest BCUT2D eigenvalue weighted by Crippen LogP contribution is 2.35. The monoisotopic (exact) mass is 362 g/mol. The summed E-state index contributed by atoms with van der Waals surface area (Å²) in [7, 11) is 3.18. The number of nitrogens with one attached hydrogen (secondary N) is 1. The molecule has 0 saturated heterocycles. The molecule has 0 unspecified atom stereocenters. The Morgan fingerprint density at radius 1 is 1.00 bits per heavy atom. The second-order valence-corrected chi connectivity index (χ2v) is 6.04. The third-order valence-corrected chi connectivity index (χ3v) is 4.40. The van der Waals surface area contributed by atoms with E-state index < -0.39 is 0 Å². The van der Waals surface area contributed by atoms with Crippen LogP contribution in [0.5, 0.6) is 11.5 Å². The van der Waals surface area contributed by atoms with Crippen LogP contribution in [0.1, 0.15) is 5.69 Å². The van der Waals surface area contributed by atoms with Crippen LogP contribution < -0.4 is 15.0 Å². The van der Waals surface area contributed by atoms with Crippen LogP contribution in [0.4, 0.5) is 0 Å². The molecule has 0 saturated carbocycles. The summed E-state index contributed by atoms with van der Waals surface area (Å²) in [6.07, 6.45) is 1.68. The first kappa shape index (κ1) is 16.8. The number of aryl methyl sites for hydroxylation is 1. The van der Waals surface area contributed by atoms with Crippen LogP contribution in [0.15, 0.2) is 53.5 Å². The van der Waals surface area contributed by atoms with Crippen molar-refractivity contribution in [2.24, 2.45) is 0 Å². The number of fused-ring (bicyclic) bond motifs is 1. The Morgan fingerprint density at radius 2 is 1.81 bits per heavy atom. The van der Waals surface area contributed by atoms with Crippen molar-refractivity contribution in [1.82, 2.24) is 19.6 Å². The summed E-state index contributed by atoms with van der Waals surface area (Å²) >= 11 is 0. The molecule has 4 rings (SSSR count). The van der Waals surface area contributed by atoms with Gasteiger partial charge in [-0.3, -0.25) is 14.9 Å². The Hall–Kier alpha value is -3.61.